The zero-order valence-electron chi connectivity index (χ0n) is 15.7. The number of hydrogen-bond donors (Lipinski definition) is 2. The number of hydrogen-bond acceptors (Lipinski definition) is 5. The first kappa shape index (κ1) is 21.6. The fourth-order valence-electron chi connectivity index (χ4n) is 2.32. The van der Waals surface area contributed by atoms with Crippen LogP contribution in [0.15, 0.2) is 47.4 Å². The van der Waals surface area contributed by atoms with Crippen molar-refractivity contribution in [1.29, 1.82) is 0 Å². The Balaban J connectivity index is 1.97. The van der Waals surface area contributed by atoms with E-state index in [0.29, 0.717) is 30.9 Å². The maximum atomic E-state index is 12.9. The number of halogens is 1. The molecule has 1 amide bonds. The number of anilines is 1. The van der Waals surface area contributed by atoms with Gasteiger partial charge in [0.05, 0.1) is 4.90 Å². The van der Waals surface area contributed by atoms with E-state index in [0.717, 1.165) is 0 Å². The van der Waals surface area contributed by atoms with Crippen LogP contribution in [0.2, 0.25) is 0 Å². The molecule has 0 bridgehead atoms. The van der Waals surface area contributed by atoms with Gasteiger partial charge >= 0.3 is 0 Å². The Kier molecular flexibility index (Phi) is 7.77. The Morgan fingerprint density at radius 2 is 1.86 bits per heavy atom. The Labute approximate surface area is 163 Å². The number of ether oxygens (including phenoxy) is 2. The van der Waals surface area contributed by atoms with Crippen molar-refractivity contribution in [2.75, 3.05) is 31.6 Å². The van der Waals surface area contributed by atoms with Gasteiger partial charge in [-0.1, -0.05) is 0 Å². The fourth-order valence-corrected chi connectivity index (χ4v) is 3.47. The minimum Gasteiger partial charge on any atom is -0.484 e. The van der Waals surface area contributed by atoms with Gasteiger partial charge in [-0.05, 0) is 61.4 Å². The first-order valence-corrected chi connectivity index (χ1v) is 10.1. The van der Waals surface area contributed by atoms with Crippen LogP contribution in [-0.4, -0.2) is 41.2 Å². The highest BCUT2D eigenvalue weighted by molar-refractivity contribution is 7.92. The minimum absolute atomic E-state index is 0.0330. The number of nitrogens with one attached hydrogen (secondary N) is 2. The number of carbonyl (C=O) groups excluding carboxylic acids is 1. The molecule has 0 aliphatic carbocycles. The SMILES string of the molecule is COCCCNC(=O)COc1ccc(S(=O)(=O)Nc2ccc(F)cc2)cc1C. The first-order chi connectivity index (χ1) is 13.3. The van der Waals surface area contributed by atoms with E-state index >= 15 is 0 Å². The lowest BCUT2D eigenvalue weighted by Gasteiger charge is -2.12. The molecule has 2 N–H and O–H groups in total. The highest BCUT2D eigenvalue weighted by atomic mass is 32.2. The number of rotatable bonds is 10. The van der Waals surface area contributed by atoms with Crippen molar-refractivity contribution in [3.63, 3.8) is 0 Å². The van der Waals surface area contributed by atoms with Gasteiger partial charge in [0, 0.05) is 25.9 Å². The van der Waals surface area contributed by atoms with Crippen LogP contribution in [0.1, 0.15) is 12.0 Å². The summed E-state index contributed by atoms with van der Waals surface area (Å²) in [6.07, 6.45) is 0.703. The topological polar surface area (TPSA) is 93.7 Å². The standard InChI is InChI=1S/C19H23FN2O5S/c1-14-12-17(28(24,25)22-16-6-4-15(20)5-7-16)8-9-18(14)27-13-19(23)21-10-3-11-26-2/h4-9,12,22H,3,10-11,13H2,1-2H3,(H,21,23). The van der Waals surface area contributed by atoms with Crippen molar-refractivity contribution >= 4 is 21.6 Å². The van der Waals surface area contributed by atoms with Gasteiger partial charge in [0.15, 0.2) is 6.61 Å². The normalized spacial score (nSPS) is 11.1. The van der Waals surface area contributed by atoms with Gasteiger partial charge in [0.25, 0.3) is 15.9 Å². The molecule has 0 saturated heterocycles. The summed E-state index contributed by atoms with van der Waals surface area (Å²) in [6, 6.07) is 9.32. The lowest BCUT2D eigenvalue weighted by molar-refractivity contribution is -0.123. The van der Waals surface area contributed by atoms with Crippen molar-refractivity contribution in [2.45, 2.75) is 18.2 Å². The molecule has 0 radical (unpaired) electrons. The second kappa shape index (κ2) is 10.0. The predicted octanol–water partition coefficient (Wildman–Crippen LogP) is 2.47. The van der Waals surface area contributed by atoms with E-state index in [9.17, 15) is 17.6 Å². The lowest BCUT2D eigenvalue weighted by Crippen LogP contribution is -2.30. The van der Waals surface area contributed by atoms with E-state index in [1.807, 2.05) is 0 Å². The molecule has 0 spiro atoms. The molecule has 152 valence electrons. The largest absolute Gasteiger partial charge is 0.484 e. The quantitative estimate of drug-likeness (QED) is 0.587. The number of amides is 1. The summed E-state index contributed by atoms with van der Waals surface area (Å²) < 4.78 is 50.6. The molecule has 0 heterocycles. The molecule has 0 atom stereocenters. The molecule has 0 aliphatic heterocycles. The summed E-state index contributed by atoms with van der Waals surface area (Å²) >= 11 is 0. The van der Waals surface area contributed by atoms with Gasteiger partial charge in [-0.15, -0.1) is 0 Å². The molecule has 28 heavy (non-hydrogen) atoms. The van der Waals surface area contributed by atoms with E-state index in [1.165, 1.54) is 42.5 Å². The third kappa shape index (κ3) is 6.50. The maximum absolute atomic E-state index is 12.9. The maximum Gasteiger partial charge on any atom is 0.261 e. The molecule has 0 aliphatic rings. The van der Waals surface area contributed by atoms with Crippen molar-refractivity contribution in [1.82, 2.24) is 5.32 Å². The summed E-state index contributed by atoms with van der Waals surface area (Å²) in [6.45, 7) is 2.56. The third-order valence-corrected chi connectivity index (χ3v) is 5.14. The Morgan fingerprint density at radius 3 is 2.50 bits per heavy atom. The predicted molar refractivity (Wildman–Crippen MR) is 103 cm³/mol. The molecule has 0 aromatic heterocycles. The van der Waals surface area contributed by atoms with Crippen molar-refractivity contribution in [2.24, 2.45) is 0 Å². The Hall–Kier alpha value is -2.65. The average molecular weight is 410 g/mol. The number of aryl methyl sites for hydroxylation is 1. The number of carbonyl (C=O) groups is 1. The highest BCUT2D eigenvalue weighted by Gasteiger charge is 2.16. The van der Waals surface area contributed by atoms with Crippen molar-refractivity contribution < 1.29 is 27.1 Å². The molecule has 2 aromatic carbocycles. The van der Waals surface area contributed by atoms with Crippen LogP contribution >= 0.6 is 0 Å². The van der Waals surface area contributed by atoms with Crippen LogP contribution in [0, 0.1) is 12.7 Å². The number of methoxy groups -OCH3 is 1. The summed E-state index contributed by atoms with van der Waals surface area (Å²) in [4.78, 5) is 11.8. The third-order valence-electron chi connectivity index (χ3n) is 3.76. The van der Waals surface area contributed by atoms with Gasteiger partial charge in [-0.25, -0.2) is 12.8 Å². The lowest BCUT2D eigenvalue weighted by atomic mass is 10.2. The van der Waals surface area contributed by atoms with E-state index in [1.54, 1.807) is 14.0 Å². The molecule has 2 rings (SSSR count). The van der Waals surface area contributed by atoms with Gasteiger partial charge < -0.3 is 14.8 Å². The van der Waals surface area contributed by atoms with Gasteiger partial charge in [0.2, 0.25) is 0 Å². The number of benzene rings is 2. The highest BCUT2D eigenvalue weighted by Crippen LogP contribution is 2.23. The zero-order valence-corrected chi connectivity index (χ0v) is 16.5. The van der Waals surface area contributed by atoms with Crippen LogP contribution in [0.25, 0.3) is 0 Å². The first-order valence-electron chi connectivity index (χ1n) is 8.59. The minimum atomic E-state index is -3.83. The van der Waals surface area contributed by atoms with Gasteiger partial charge in [0.1, 0.15) is 11.6 Å². The van der Waals surface area contributed by atoms with Crippen LogP contribution in [0.4, 0.5) is 10.1 Å². The Morgan fingerprint density at radius 1 is 1.14 bits per heavy atom. The van der Waals surface area contributed by atoms with E-state index < -0.39 is 15.8 Å². The van der Waals surface area contributed by atoms with Crippen LogP contribution in [0.3, 0.4) is 0 Å². The monoisotopic (exact) mass is 410 g/mol. The molecule has 2 aromatic rings. The molecular formula is C19H23FN2O5S. The molecule has 7 nitrogen and oxygen atoms in total. The summed E-state index contributed by atoms with van der Waals surface area (Å²) in [7, 11) is -2.24. The molecular weight excluding hydrogens is 387 g/mol. The zero-order chi connectivity index (χ0) is 20.6. The van der Waals surface area contributed by atoms with Gasteiger partial charge in [-0.2, -0.15) is 0 Å². The van der Waals surface area contributed by atoms with Crippen LogP contribution in [0.5, 0.6) is 5.75 Å². The summed E-state index contributed by atoms with van der Waals surface area (Å²) in [5.74, 6) is -0.319. The molecule has 9 heteroatoms. The smallest absolute Gasteiger partial charge is 0.261 e. The van der Waals surface area contributed by atoms with E-state index in [2.05, 4.69) is 10.0 Å². The van der Waals surface area contributed by atoms with Crippen molar-refractivity contribution in [3.05, 3.63) is 53.8 Å². The van der Waals surface area contributed by atoms with Crippen LogP contribution in [-0.2, 0) is 19.6 Å². The summed E-state index contributed by atoms with van der Waals surface area (Å²) in [5, 5.41) is 2.70. The number of sulfonamides is 1. The second-order valence-electron chi connectivity index (χ2n) is 6.02. The van der Waals surface area contributed by atoms with E-state index in [-0.39, 0.29) is 23.1 Å². The molecule has 0 unspecified atom stereocenters. The Bertz CT molecular complexity index is 901. The summed E-state index contributed by atoms with van der Waals surface area (Å²) in [5.41, 5.74) is 0.818. The van der Waals surface area contributed by atoms with Gasteiger partial charge in [-0.3, -0.25) is 9.52 Å². The van der Waals surface area contributed by atoms with E-state index in [4.69, 9.17) is 9.47 Å². The molecule has 0 fully saturated rings. The van der Waals surface area contributed by atoms with Crippen LogP contribution < -0.4 is 14.8 Å². The average Bonchev–Trinajstić information content (AvgIpc) is 2.66. The second-order valence-corrected chi connectivity index (χ2v) is 7.71. The van der Waals surface area contributed by atoms with Crippen molar-refractivity contribution in [3.8, 4) is 5.75 Å². The fraction of sp³-hybridized carbons (Fsp3) is 0.316. The molecule has 0 saturated carbocycles.